The van der Waals surface area contributed by atoms with Gasteiger partial charge < -0.3 is 16.0 Å². The molecule has 5 heteroatoms. The van der Waals surface area contributed by atoms with Gasteiger partial charge in [-0.3, -0.25) is 4.90 Å². The first kappa shape index (κ1) is 12.3. The van der Waals surface area contributed by atoms with Crippen LogP contribution < -0.4 is 11.1 Å². The van der Waals surface area contributed by atoms with Crippen molar-refractivity contribution in [3.8, 4) is 0 Å². The number of amides is 2. The van der Waals surface area contributed by atoms with Crippen LogP contribution in [0.3, 0.4) is 0 Å². The molecule has 1 aliphatic heterocycles. The normalized spacial score (nSPS) is 18.9. The van der Waals surface area contributed by atoms with Crippen LogP contribution in [0.5, 0.6) is 0 Å². The van der Waals surface area contributed by atoms with Crippen LogP contribution in [-0.4, -0.2) is 61.1 Å². The Kier molecular flexibility index (Phi) is 3.93. The third kappa shape index (κ3) is 3.35. The number of hydrogen-bond donors (Lipinski definition) is 2. The summed E-state index contributed by atoms with van der Waals surface area (Å²) >= 11 is 0. The van der Waals surface area contributed by atoms with Gasteiger partial charge >= 0.3 is 6.03 Å². The number of nitrogens with two attached hydrogens (primary N) is 1. The van der Waals surface area contributed by atoms with E-state index in [1.807, 2.05) is 13.8 Å². The first-order chi connectivity index (χ1) is 6.93. The Morgan fingerprint density at radius 3 is 2.47 bits per heavy atom. The maximum absolute atomic E-state index is 11.1. The highest BCUT2D eigenvalue weighted by molar-refractivity contribution is 5.72. The molecule has 1 heterocycles. The van der Waals surface area contributed by atoms with E-state index in [9.17, 15) is 4.79 Å². The molecule has 5 nitrogen and oxygen atoms in total. The van der Waals surface area contributed by atoms with Crippen LogP contribution in [0.4, 0.5) is 4.79 Å². The summed E-state index contributed by atoms with van der Waals surface area (Å²) in [5.74, 6) is 0. The Labute approximate surface area is 91.6 Å². The number of carbonyl (C=O) groups is 1. The minimum Gasteiger partial charge on any atom is -0.351 e. The van der Waals surface area contributed by atoms with Crippen molar-refractivity contribution in [1.29, 1.82) is 0 Å². The minimum absolute atomic E-state index is 0.205. The zero-order chi connectivity index (χ0) is 11.5. The average Bonchev–Trinajstić information content (AvgIpc) is 2.17. The summed E-state index contributed by atoms with van der Waals surface area (Å²) in [5.41, 5.74) is 5.08. The van der Waals surface area contributed by atoms with Crippen molar-refractivity contribution in [2.45, 2.75) is 19.4 Å². The third-order valence-electron chi connectivity index (χ3n) is 3.06. The first-order valence-electron chi connectivity index (χ1n) is 5.40. The molecule has 88 valence electrons. The molecule has 0 atom stereocenters. The van der Waals surface area contributed by atoms with Gasteiger partial charge in [0, 0.05) is 39.8 Å². The van der Waals surface area contributed by atoms with E-state index < -0.39 is 0 Å². The molecule has 0 aromatic carbocycles. The van der Waals surface area contributed by atoms with E-state index in [1.165, 1.54) is 0 Å². The zero-order valence-corrected chi connectivity index (χ0v) is 9.92. The van der Waals surface area contributed by atoms with Gasteiger partial charge in [-0.05, 0) is 13.8 Å². The average molecular weight is 214 g/mol. The largest absolute Gasteiger partial charge is 0.351 e. The number of primary amides is 1. The summed E-state index contributed by atoms with van der Waals surface area (Å²) in [5, 5.41) is 3.31. The first-order valence-corrected chi connectivity index (χ1v) is 5.40. The molecule has 0 unspecified atom stereocenters. The smallest absolute Gasteiger partial charge is 0.315 e. The molecule has 15 heavy (non-hydrogen) atoms. The molecule has 0 radical (unpaired) electrons. The topological polar surface area (TPSA) is 61.6 Å². The van der Waals surface area contributed by atoms with Crippen LogP contribution in [0, 0.1) is 0 Å². The van der Waals surface area contributed by atoms with Crippen LogP contribution in [0.25, 0.3) is 0 Å². The predicted molar refractivity (Wildman–Crippen MR) is 60.7 cm³/mol. The fraction of sp³-hybridized carbons (Fsp3) is 0.900. The molecule has 0 bridgehead atoms. The monoisotopic (exact) mass is 214 g/mol. The molecule has 2 amide bonds. The van der Waals surface area contributed by atoms with Gasteiger partial charge in [-0.15, -0.1) is 0 Å². The molecule has 0 aromatic rings. The molecule has 1 aliphatic rings. The second-order valence-corrected chi connectivity index (χ2v) is 4.74. The fourth-order valence-corrected chi connectivity index (χ4v) is 1.82. The van der Waals surface area contributed by atoms with Crippen LogP contribution in [0.2, 0.25) is 0 Å². The van der Waals surface area contributed by atoms with Gasteiger partial charge in [0.2, 0.25) is 0 Å². The Morgan fingerprint density at radius 2 is 2.00 bits per heavy atom. The highest BCUT2D eigenvalue weighted by Crippen LogP contribution is 2.14. The number of likely N-dealkylation sites (N-methyl/N-ethyl adjacent to an activating group) is 1. The predicted octanol–water partition coefficient (Wildman–Crippen LogP) is -0.319. The maximum Gasteiger partial charge on any atom is 0.315 e. The van der Waals surface area contributed by atoms with Gasteiger partial charge in [0.25, 0.3) is 0 Å². The molecular formula is C10H22N4O. The summed E-state index contributed by atoms with van der Waals surface area (Å²) < 4.78 is 0. The Balaban J connectivity index is 2.50. The van der Waals surface area contributed by atoms with E-state index >= 15 is 0 Å². The summed E-state index contributed by atoms with van der Waals surface area (Å²) in [6.07, 6.45) is 0. The number of nitrogens with zero attached hydrogens (tertiary/aromatic N) is 2. The molecule has 0 aliphatic carbocycles. The number of nitrogens with one attached hydrogen (secondary N) is 1. The number of piperazine rings is 1. The molecule has 1 saturated heterocycles. The number of hydrogen-bond acceptors (Lipinski definition) is 3. The second kappa shape index (κ2) is 4.81. The summed E-state index contributed by atoms with van der Waals surface area (Å²) in [6, 6.07) is -0.366. The fourth-order valence-electron chi connectivity index (χ4n) is 1.82. The Morgan fingerprint density at radius 1 is 1.47 bits per heavy atom. The van der Waals surface area contributed by atoms with Gasteiger partial charge in [0.1, 0.15) is 0 Å². The maximum atomic E-state index is 11.1. The van der Waals surface area contributed by atoms with E-state index in [1.54, 1.807) is 11.9 Å². The minimum atomic E-state index is -0.366. The molecule has 0 saturated carbocycles. The summed E-state index contributed by atoms with van der Waals surface area (Å²) in [4.78, 5) is 15.1. The van der Waals surface area contributed by atoms with Gasteiger partial charge in [-0.1, -0.05) is 0 Å². The van der Waals surface area contributed by atoms with E-state index in [0.717, 1.165) is 32.7 Å². The Hall–Kier alpha value is -0.810. The van der Waals surface area contributed by atoms with Crippen LogP contribution >= 0.6 is 0 Å². The van der Waals surface area contributed by atoms with Crippen LogP contribution in [-0.2, 0) is 0 Å². The number of urea groups is 1. The molecular weight excluding hydrogens is 192 g/mol. The second-order valence-electron chi connectivity index (χ2n) is 4.74. The summed E-state index contributed by atoms with van der Waals surface area (Å²) in [6.45, 7) is 9.08. The number of rotatable bonds is 3. The van der Waals surface area contributed by atoms with Gasteiger partial charge in [-0.25, -0.2) is 4.79 Å². The van der Waals surface area contributed by atoms with E-state index in [4.69, 9.17) is 5.73 Å². The molecule has 1 rings (SSSR count). The van der Waals surface area contributed by atoms with Crippen molar-refractivity contribution >= 4 is 6.03 Å². The zero-order valence-electron chi connectivity index (χ0n) is 9.92. The lowest BCUT2D eigenvalue weighted by Gasteiger charge is -2.40. The van der Waals surface area contributed by atoms with Crippen molar-refractivity contribution in [2.24, 2.45) is 5.73 Å². The SMILES string of the molecule is CN(C(N)=O)C(C)(C)CN1CCNCC1. The quantitative estimate of drug-likeness (QED) is 0.677. The molecule has 0 aromatic heterocycles. The van der Waals surface area contributed by atoms with E-state index in [-0.39, 0.29) is 11.6 Å². The number of carbonyl (C=O) groups excluding carboxylic acids is 1. The third-order valence-corrected chi connectivity index (χ3v) is 3.06. The van der Waals surface area contributed by atoms with Crippen molar-refractivity contribution in [3.63, 3.8) is 0 Å². The van der Waals surface area contributed by atoms with Crippen molar-refractivity contribution in [1.82, 2.24) is 15.1 Å². The van der Waals surface area contributed by atoms with Gasteiger partial charge in [-0.2, -0.15) is 0 Å². The standard InChI is InChI=1S/C10H22N4O/c1-10(2,13(3)9(11)15)8-14-6-4-12-5-7-14/h12H,4-8H2,1-3H3,(H2,11,15). The highest BCUT2D eigenvalue weighted by Gasteiger charge is 2.29. The van der Waals surface area contributed by atoms with Crippen LogP contribution in [0.15, 0.2) is 0 Å². The molecule has 1 fully saturated rings. The summed E-state index contributed by atoms with van der Waals surface area (Å²) in [7, 11) is 1.75. The molecule has 0 spiro atoms. The lowest BCUT2D eigenvalue weighted by Crippen LogP contribution is -2.56. The van der Waals surface area contributed by atoms with Crippen molar-refractivity contribution in [2.75, 3.05) is 39.8 Å². The van der Waals surface area contributed by atoms with Gasteiger partial charge in [0.15, 0.2) is 0 Å². The van der Waals surface area contributed by atoms with Crippen molar-refractivity contribution < 1.29 is 4.79 Å². The molecule has 3 N–H and O–H groups in total. The highest BCUT2D eigenvalue weighted by atomic mass is 16.2. The lowest BCUT2D eigenvalue weighted by atomic mass is 10.0. The van der Waals surface area contributed by atoms with Crippen LogP contribution in [0.1, 0.15) is 13.8 Å². The van der Waals surface area contributed by atoms with E-state index in [2.05, 4.69) is 10.2 Å². The lowest BCUT2D eigenvalue weighted by molar-refractivity contribution is 0.110. The van der Waals surface area contributed by atoms with Gasteiger partial charge in [0.05, 0.1) is 5.54 Å². The van der Waals surface area contributed by atoms with Crippen molar-refractivity contribution in [3.05, 3.63) is 0 Å². The Bertz CT molecular complexity index is 223. The van der Waals surface area contributed by atoms with E-state index in [0.29, 0.717) is 0 Å².